The molecule has 29 heavy (non-hydrogen) atoms. The van der Waals surface area contributed by atoms with Gasteiger partial charge in [0.1, 0.15) is 16.3 Å². The molecule has 2 aromatic heterocycles. The second kappa shape index (κ2) is 7.37. The van der Waals surface area contributed by atoms with Crippen LogP contribution in [0.4, 0.5) is 5.69 Å². The molecule has 2 aromatic carbocycles. The summed E-state index contributed by atoms with van der Waals surface area (Å²) in [6.45, 7) is 1.58. The highest BCUT2D eigenvalue weighted by atomic mass is 32.1. The molecule has 3 heterocycles. The lowest BCUT2D eigenvalue weighted by molar-refractivity contribution is 0.415. The third-order valence-electron chi connectivity index (χ3n) is 5.35. The van der Waals surface area contributed by atoms with E-state index in [0.29, 0.717) is 17.1 Å². The van der Waals surface area contributed by atoms with Gasteiger partial charge < -0.3 is 14.6 Å². The van der Waals surface area contributed by atoms with Crippen LogP contribution in [-0.2, 0) is 13.0 Å². The standard InChI is InChI=1S/C23H21N3O2S/c1-28-17-10-8-16(9-11-17)20-13-18-22(29-20)23(27)25-21(24-18)14-26-12-4-6-15-5-2-3-7-19(15)26/h2-3,5,7-11,13H,4,6,12,14H2,1H3,(H,24,25,27). The number of ether oxygens (including phenoxy) is 1. The molecule has 0 saturated carbocycles. The van der Waals surface area contributed by atoms with Crippen molar-refractivity contribution < 1.29 is 4.74 Å². The highest BCUT2D eigenvalue weighted by molar-refractivity contribution is 7.22. The monoisotopic (exact) mass is 403 g/mol. The third-order valence-corrected chi connectivity index (χ3v) is 6.53. The van der Waals surface area contributed by atoms with Crippen LogP contribution < -0.4 is 15.2 Å². The predicted molar refractivity (Wildman–Crippen MR) is 118 cm³/mol. The molecule has 0 fully saturated rings. The van der Waals surface area contributed by atoms with E-state index in [-0.39, 0.29) is 5.56 Å². The summed E-state index contributed by atoms with van der Waals surface area (Å²) in [4.78, 5) is 23.8. The van der Waals surface area contributed by atoms with Gasteiger partial charge in [-0.1, -0.05) is 18.2 Å². The fraction of sp³-hybridized carbons (Fsp3) is 0.217. The summed E-state index contributed by atoms with van der Waals surface area (Å²) < 4.78 is 5.89. The number of nitrogens with zero attached hydrogens (tertiary/aromatic N) is 2. The molecule has 0 saturated heterocycles. The van der Waals surface area contributed by atoms with Crippen LogP contribution in [0.5, 0.6) is 5.75 Å². The lowest BCUT2D eigenvalue weighted by Crippen LogP contribution is -2.30. The Morgan fingerprint density at radius 2 is 2.00 bits per heavy atom. The molecule has 1 aliphatic heterocycles. The number of anilines is 1. The minimum Gasteiger partial charge on any atom is -0.497 e. The second-order valence-corrected chi connectivity index (χ2v) is 8.27. The summed E-state index contributed by atoms with van der Waals surface area (Å²) in [6, 6.07) is 18.3. The zero-order chi connectivity index (χ0) is 19.8. The first-order valence-electron chi connectivity index (χ1n) is 9.71. The van der Waals surface area contributed by atoms with Gasteiger partial charge in [0.15, 0.2) is 0 Å². The number of aromatic nitrogens is 2. The van der Waals surface area contributed by atoms with Gasteiger partial charge in [-0.3, -0.25) is 4.79 Å². The molecule has 146 valence electrons. The number of nitrogens with one attached hydrogen (secondary N) is 1. The quantitative estimate of drug-likeness (QED) is 0.540. The van der Waals surface area contributed by atoms with Gasteiger partial charge in [0.25, 0.3) is 5.56 Å². The molecule has 0 atom stereocenters. The topological polar surface area (TPSA) is 58.2 Å². The Labute approximate surface area is 172 Å². The molecule has 0 amide bonds. The number of rotatable bonds is 4. The Morgan fingerprint density at radius 1 is 1.17 bits per heavy atom. The third kappa shape index (κ3) is 3.40. The Kier molecular flexibility index (Phi) is 4.56. The maximum atomic E-state index is 12.7. The molecule has 0 bridgehead atoms. The van der Waals surface area contributed by atoms with Gasteiger partial charge in [0.2, 0.25) is 0 Å². The van der Waals surface area contributed by atoms with Crippen LogP contribution in [0.25, 0.3) is 20.7 Å². The van der Waals surface area contributed by atoms with Crippen LogP contribution in [0, 0.1) is 0 Å². The highest BCUT2D eigenvalue weighted by Crippen LogP contribution is 2.32. The molecule has 1 N–H and O–H groups in total. The van der Waals surface area contributed by atoms with E-state index in [1.165, 1.54) is 22.6 Å². The van der Waals surface area contributed by atoms with Gasteiger partial charge >= 0.3 is 0 Å². The summed E-state index contributed by atoms with van der Waals surface area (Å²) >= 11 is 1.47. The molecular formula is C23H21N3O2S. The Bertz CT molecular complexity index is 1230. The second-order valence-electron chi connectivity index (χ2n) is 7.22. The molecule has 1 aliphatic rings. The number of aromatic amines is 1. The van der Waals surface area contributed by atoms with E-state index in [2.05, 4.69) is 34.1 Å². The summed E-state index contributed by atoms with van der Waals surface area (Å²) in [7, 11) is 1.65. The van der Waals surface area contributed by atoms with Crippen molar-refractivity contribution in [1.82, 2.24) is 9.97 Å². The van der Waals surface area contributed by atoms with Gasteiger partial charge in [-0.05, 0) is 60.4 Å². The van der Waals surface area contributed by atoms with Crippen molar-refractivity contribution in [2.75, 3.05) is 18.6 Å². The number of hydrogen-bond acceptors (Lipinski definition) is 5. The molecule has 5 nitrogen and oxygen atoms in total. The van der Waals surface area contributed by atoms with E-state index in [0.717, 1.165) is 41.1 Å². The SMILES string of the molecule is COc1ccc(-c2cc3nc(CN4CCCc5ccccc54)[nH]c(=O)c3s2)cc1. The highest BCUT2D eigenvalue weighted by Gasteiger charge is 2.18. The first-order valence-corrected chi connectivity index (χ1v) is 10.5. The van der Waals surface area contributed by atoms with Gasteiger partial charge in [-0.25, -0.2) is 4.98 Å². The molecule has 0 unspecified atom stereocenters. The fourth-order valence-corrected chi connectivity index (χ4v) is 4.91. The van der Waals surface area contributed by atoms with Crippen LogP contribution in [0.1, 0.15) is 17.8 Å². The Hall–Kier alpha value is -3.12. The van der Waals surface area contributed by atoms with E-state index in [4.69, 9.17) is 9.72 Å². The van der Waals surface area contributed by atoms with Crippen LogP contribution in [0.3, 0.4) is 0 Å². The Balaban J connectivity index is 1.48. The number of methoxy groups -OCH3 is 1. The van der Waals surface area contributed by atoms with Crippen molar-refractivity contribution in [3.63, 3.8) is 0 Å². The molecule has 0 spiro atoms. The molecule has 0 aliphatic carbocycles. The average molecular weight is 404 g/mol. The van der Waals surface area contributed by atoms with Crippen molar-refractivity contribution in [1.29, 1.82) is 0 Å². The van der Waals surface area contributed by atoms with Crippen molar-refractivity contribution in [2.45, 2.75) is 19.4 Å². The first kappa shape index (κ1) is 17.9. The minimum absolute atomic E-state index is 0.0694. The maximum Gasteiger partial charge on any atom is 0.268 e. The van der Waals surface area contributed by atoms with Gasteiger partial charge in [-0.15, -0.1) is 11.3 Å². The van der Waals surface area contributed by atoms with E-state index in [1.807, 2.05) is 30.3 Å². The predicted octanol–water partition coefficient (Wildman–Crippen LogP) is 4.61. The van der Waals surface area contributed by atoms with Crippen molar-refractivity contribution >= 4 is 27.2 Å². The van der Waals surface area contributed by atoms with Crippen LogP contribution in [0.15, 0.2) is 59.4 Å². The smallest absolute Gasteiger partial charge is 0.268 e. The van der Waals surface area contributed by atoms with E-state index in [9.17, 15) is 4.79 Å². The van der Waals surface area contributed by atoms with Crippen molar-refractivity contribution in [3.05, 3.63) is 76.3 Å². The first-order chi connectivity index (χ1) is 14.2. The minimum atomic E-state index is -0.0694. The molecular weight excluding hydrogens is 382 g/mol. The number of H-pyrrole nitrogens is 1. The molecule has 6 heteroatoms. The van der Waals surface area contributed by atoms with Gasteiger partial charge in [0, 0.05) is 17.1 Å². The van der Waals surface area contributed by atoms with Crippen LogP contribution >= 0.6 is 11.3 Å². The summed E-state index contributed by atoms with van der Waals surface area (Å²) in [5.41, 5.74) is 4.34. The van der Waals surface area contributed by atoms with Crippen molar-refractivity contribution in [3.8, 4) is 16.2 Å². The number of thiophene rings is 1. The zero-order valence-corrected chi connectivity index (χ0v) is 17.0. The van der Waals surface area contributed by atoms with Crippen LogP contribution in [0.2, 0.25) is 0 Å². The van der Waals surface area contributed by atoms with E-state index < -0.39 is 0 Å². The Morgan fingerprint density at radius 3 is 2.83 bits per heavy atom. The largest absolute Gasteiger partial charge is 0.497 e. The number of fused-ring (bicyclic) bond motifs is 2. The summed E-state index contributed by atoms with van der Waals surface area (Å²) in [5.74, 6) is 1.52. The number of benzene rings is 2. The van der Waals surface area contributed by atoms with Gasteiger partial charge in [-0.2, -0.15) is 0 Å². The van der Waals surface area contributed by atoms with Crippen LogP contribution in [-0.4, -0.2) is 23.6 Å². The summed E-state index contributed by atoms with van der Waals surface area (Å²) in [6.07, 6.45) is 2.22. The summed E-state index contributed by atoms with van der Waals surface area (Å²) in [5, 5.41) is 0. The molecule has 0 radical (unpaired) electrons. The number of para-hydroxylation sites is 1. The normalized spacial score (nSPS) is 13.5. The van der Waals surface area contributed by atoms with Gasteiger partial charge in [0.05, 0.1) is 19.2 Å². The lowest BCUT2D eigenvalue weighted by atomic mass is 10.0. The maximum absolute atomic E-state index is 12.7. The van der Waals surface area contributed by atoms with Crippen molar-refractivity contribution in [2.24, 2.45) is 0 Å². The number of hydrogen-bond donors (Lipinski definition) is 1. The number of aryl methyl sites for hydroxylation is 1. The molecule has 5 rings (SSSR count). The zero-order valence-electron chi connectivity index (χ0n) is 16.1. The molecule has 4 aromatic rings. The fourth-order valence-electron chi connectivity index (χ4n) is 3.92. The average Bonchev–Trinajstić information content (AvgIpc) is 3.19. The lowest BCUT2D eigenvalue weighted by Gasteiger charge is -2.30. The van der Waals surface area contributed by atoms with E-state index in [1.54, 1.807) is 7.11 Å². The van der Waals surface area contributed by atoms with E-state index >= 15 is 0 Å².